The SMILES string of the molecule is Cc1ncoc1CNC(=O)C1CCCC1. The first-order valence-corrected chi connectivity index (χ1v) is 5.44. The molecule has 1 saturated carbocycles. The number of hydrogen-bond acceptors (Lipinski definition) is 3. The molecular formula is C11H16N2O2. The lowest BCUT2D eigenvalue weighted by molar-refractivity contribution is -0.125. The second-order valence-corrected chi connectivity index (χ2v) is 4.06. The summed E-state index contributed by atoms with van der Waals surface area (Å²) < 4.78 is 5.15. The minimum atomic E-state index is 0.156. The van der Waals surface area contributed by atoms with Gasteiger partial charge in [0.15, 0.2) is 6.39 Å². The van der Waals surface area contributed by atoms with Gasteiger partial charge >= 0.3 is 0 Å². The van der Waals surface area contributed by atoms with E-state index in [1.165, 1.54) is 19.2 Å². The van der Waals surface area contributed by atoms with Crippen LogP contribution in [0.25, 0.3) is 0 Å². The fourth-order valence-electron chi connectivity index (χ4n) is 2.00. The molecule has 2 rings (SSSR count). The maximum atomic E-state index is 11.7. The zero-order chi connectivity index (χ0) is 10.7. The standard InChI is InChI=1S/C11H16N2O2/c1-8-10(15-7-13-8)6-12-11(14)9-4-2-3-5-9/h7,9H,2-6H2,1H3,(H,12,14). The Kier molecular flexibility index (Phi) is 3.04. The van der Waals surface area contributed by atoms with Crippen molar-refractivity contribution in [3.63, 3.8) is 0 Å². The molecule has 4 heteroatoms. The summed E-state index contributed by atoms with van der Waals surface area (Å²) in [5, 5.41) is 2.90. The van der Waals surface area contributed by atoms with Gasteiger partial charge in [0.1, 0.15) is 5.76 Å². The third-order valence-electron chi connectivity index (χ3n) is 2.99. The van der Waals surface area contributed by atoms with Crippen molar-refractivity contribution in [2.45, 2.75) is 39.2 Å². The fourth-order valence-corrected chi connectivity index (χ4v) is 2.00. The Labute approximate surface area is 89.1 Å². The molecule has 1 fully saturated rings. The van der Waals surface area contributed by atoms with E-state index in [9.17, 15) is 4.79 Å². The van der Waals surface area contributed by atoms with Crippen molar-refractivity contribution in [2.75, 3.05) is 0 Å². The third kappa shape index (κ3) is 2.37. The van der Waals surface area contributed by atoms with Gasteiger partial charge in [-0.25, -0.2) is 4.98 Å². The second-order valence-electron chi connectivity index (χ2n) is 4.06. The van der Waals surface area contributed by atoms with Crippen LogP contribution in [0.15, 0.2) is 10.8 Å². The predicted octanol–water partition coefficient (Wildman–Crippen LogP) is 1.79. The van der Waals surface area contributed by atoms with Crippen LogP contribution < -0.4 is 5.32 Å². The lowest BCUT2D eigenvalue weighted by Gasteiger charge is -2.08. The Balaban J connectivity index is 1.83. The number of carbonyl (C=O) groups is 1. The van der Waals surface area contributed by atoms with Gasteiger partial charge in [-0.15, -0.1) is 0 Å². The number of nitrogens with zero attached hydrogens (tertiary/aromatic N) is 1. The molecule has 0 bridgehead atoms. The molecule has 0 aromatic carbocycles. The minimum absolute atomic E-state index is 0.156. The molecule has 0 aliphatic heterocycles. The average molecular weight is 208 g/mol. The molecule has 0 spiro atoms. The Morgan fingerprint density at radius 2 is 2.33 bits per heavy atom. The number of carbonyl (C=O) groups excluding carboxylic acids is 1. The van der Waals surface area contributed by atoms with Gasteiger partial charge in [-0.05, 0) is 19.8 Å². The summed E-state index contributed by atoms with van der Waals surface area (Å²) in [6.07, 6.45) is 5.83. The smallest absolute Gasteiger partial charge is 0.223 e. The van der Waals surface area contributed by atoms with Gasteiger partial charge in [0.05, 0.1) is 12.2 Å². The van der Waals surface area contributed by atoms with Crippen molar-refractivity contribution in [3.05, 3.63) is 17.8 Å². The van der Waals surface area contributed by atoms with Crippen molar-refractivity contribution in [1.82, 2.24) is 10.3 Å². The molecule has 1 amide bonds. The van der Waals surface area contributed by atoms with E-state index in [-0.39, 0.29) is 11.8 Å². The van der Waals surface area contributed by atoms with E-state index in [1.54, 1.807) is 0 Å². The van der Waals surface area contributed by atoms with Crippen molar-refractivity contribution in [3.8, 4) is 0 Å². The number of amides is 1. The number of aryl methyl sites for hydroxylation is 1. The second kappa shape index (κ2) is 4.47. The molecule has 82 valence electrons. The van der Waals surface area contributed by atoms with Crippen LogP contribution in [-0.4, -0.2) is 10.9 Å². The summed E-state index contributed by atoms with van der Waals surface area (Å²) in [5.74, 6) is 1.12. The number of aromatic nitrogens is 1. The highest BCUT2D eigenvalue weighted by Crippen LogP contribution is 2.24. The van der Waals surface area contributed by atoms with Crippen LogP contribution in [0.1, 0.15) is 37.1 Å². The first-order valence-electron chi connectivity index (χ1n) is 5.44. The van der Waals surface area contributed by atoms with Crippen LogP contribution in [0.4, 0.5) is 0 Å². The number of nitrogens with one attached hydrogen (secondary N) is 1. The molecule has 1 heterocycles. The first-order chi connectivity index (χ1) is 7.27. The molecular weight excluding hydrogens is 192 g/mol. The van der Waals surface area contributed by atoms with Gasteiger partial charge in [-0.3, -0.25) is 4.79 Å². The molecule has 0 radical (unpaired) electrons. The number of hydrogen-bond donors (Lipinski definition) is 1. The van der Waals surface area contributed by atoms with Crippen LogP contribution in [0.3, 0.4) is 0 Å². The predicted molar refractivity (Wildman–Crippen MR) is 55.0 cm³/mol. The first kappa shape index (κ1) is 10.2. The quantitative estimate of drug-likeness (QED) is 0.823. The summed E-state index contributed by atoms with van der Waals surface area (Å²) in [6, 6.07) is 0. The van der Waals surface area contributed by atoms with E-state index in [0.29, 0.717) is 6.54 Å². The number of oxazole rings is 1. The van der Waals surface area contributed by atoms with E-state index in [2.05, 4.69) is 10.3 Å². The van der Waals surface area contributed by atoms with Crippen molar-refractivity contribution < 1.29 is 9.21 Å². The van der Waals surface area contributed by atoms with Crippen molar-refractivity contribution >= 4 is 5.91 Å². The lowest BCUT2D eigenvalue weighted by Crippen LogP contribution is -2.28. The van der Waals surface area contributed by atoms with E-state index < -0.39 is 0 Å². The molecule has 0 unspecified atom stereocenters. The average Bonchev–Trinajstić information content (AvgIpc) is 2.85. The maximum absolute atomic E-state index is 11.7. The van der Waals surface area contributed by atoms with Gasteiger partial charge in [-0.2, -0.15) is 0 Å². The topological polar surface area (TPSA) is 55.1 Å². The van der Waals surface area contributed by atoms with Gasteiger partial charge in [0.2, 0.25) is 5.91 Å². The summed E-state index contributed by atoms with van der Waals surface area (Å²) >= 11 is 0. The van der Waals surface area contributed by atoms with Crippen LogP contribution in [0, 0.1) is 12.8 Å². The fraction of sp³-hybridized carbons (Fsp3) is 0.636. The zero-order valence-electron chi connectivity index (χ0n) is 8.95. The molecule has 15 heavy (non-hydrogen) atoms. The minimum Gasteiger partial charge on any atom is -0.446 e. The number of rotatable bonds is 3. The maximum Gasteiger partial charge on any atom is 0.223 e. The van der Waals surface area contributed by atoms with E-state index in [4.69, 9.17) is 4.42 Å². The summed E-state index contributed by atoms with van der Waals surface area (Å²) in [5.41, 5.74) is 0.849. The highest BCUT2D eigenvalue weighted by Gasteiger charge is 2.22. The Morgan fingerprint density at radius 3 is 2.93 bits per heavy atom. The Morgan fingerprint density at radius 1 is 1.60 bits per heavy atom. The molecule has 1 aliphatic rings. The molecule has 1 aromatic heterocycles. The molecule has 0 atom stereocenters. The van der Waals surface area contributed by atoms with Gasteiger partial charge in [-0.1, -0.05) is 12.8 Å². The van der Waals surface area contributed by atoms with E-state index in [0.717, 1.165) is 24.3 Å². The van der Waals surface area contributed by atoms with Crippen LogP contribution >= 0.6 is 0 Å². The summed E-state index contributed by atoms with van der Waals surface area (Å²) in [4.78, 5) is 15.7. The van der Waals surface area contributed by atoms with Crippen LogP contribution in [0.5, 0.6) is 0 Å². The van der Waals surface area contributed by atoms with Gasteiger partial charge in [0.25, 0.3) is 0 Å². The van der Waals surface area contributed by atoms with Crippen LogP contribution in [-0.2, 0) is 11.3 Å². The largest absolute Gasteiger partial charge is 0.446 e. The highest BCUT2D eigenvalue weighted by molar-refractivity contribution is 5.78. The lowest BCUT2D eigenvalue weighted by atomic mass is 10.1. The third-order valence-corrected chi connectivity index (χ3v) is 2.99. The normalized spacial score (nSPS) is 16.9. The molecule has 0 saturated heterocycles. The zero-order valence-corrected chi connectivity index (χ0v) is 8.95. The van der Waals surface area contributed by atoms with E-state index >= 15 is 0 Å². The highest BCUT2D eigenvalue weighted by atomic mass is 16.3. The van der Waals surface area contributed by atoms with Gasteiger partial charge < -0.3 is 9.73 Å². The molecule has 1 aliphatic carbocycles. The Bertz CT molecular complexity index is 340. The molecule has 4 nitrogen and oxygen atoms in total. The van der Waals surface area contributed by atoms with Crippen molar-refractivity contribution in [1.29, 1.82) is 0 Å². The van der Waals surface area contributed by atoms with E-state index in [1.807, 2.05) is 6.92 Å². The summed E-state index contributed by atoms with van der Waals surface area (Å²) in [7, 11) is 0. The molecule has 1 aromatic rings. The van der Waals surface area contributed by atoms with Crippen molar-refractivity contribution in [2.24, 2.45) is 5.92 Å². The van der Waals surface area contributed by atoms with Gasteiger partial charge in [0, 0.05) is 5.92 Å². The monoisotopic (exact) mass is 208 g/mol. The van der Waals surface area contributed by atoms with Crippen LogP contribution in [0.2, 0.25) is 0 Å². The summed E-state index contributed by atoms with van der Waals surface area (Å²) in [6.45, 7) is 2.34. The Hall–Kier alpha value is -1.32. The molecule has 1 N–H and O–H groups in total.